The summed E-state index contributed by atoms with van der Waals surface area (Å²) in [5, 5.41) is 0.222. The van der Waals surface area contributed by atoms with E-state index in [1.807, 2.05) is 0 Å². The summed E-state index contributed by atoms with van der Waals surface area (Å²) in [6.45, 7) is 2.23. The van der Waals surface area contributed by atoms with Crippen LogP contribution in [0.1, 0.15) is 44.2 Å². The first kappa shape index (κ1) is 13.8. The average molecular weight is 274 g/mol. The Morgan fingerprint density at radius 2 is 1.72 bits per heavy atom. The van der Waals surface area contributed by atoms with E-state index >= 15 is 0 Å². The van der Waals surface area contributed by atoms with Gasteiger partial charge in [-0.15, -0.1) is 0 Å². The Kier molecular flexibility index (Phi) is 4.23. The third kappa shape index (κ3) is 2.83. The summed E-state index contributed by atoms with van der Waals surface area (Å²) in [7, 11) is 0. The maximum Gasteiger partial charge on any atom is 0.160 e. The van der Waals surface area contributed by atoms with Crippen LogP contribution in [0.5, 0.6) is 0 Å². The second-order valence-corrected chi connectivity index (χ2v) is 5.74. The highest BCUT2D eigenvalue weighted by atomic mass is 35.5. The van der Waals surface area contributed by atoms with E-state index in [0.717, 1.165) is 43.7 Å². The molecule has 1 atom stereocenters. The molecule has 0 aromatic heterocycles. The number of benzene rings is 1. The maximum absolute atomic E-state index is 13.3. The molecular weight excluding hydrogens is 256 g/mol. The highest BCUT2D eigenvalue weighted by Gasteiger charge is 2.26. The van der Waals surface area contributed by atoms with Crippen molar-refractivity contribution in [2.24, 2.45) is 17.6 Å². The number of halogens is 3. The van der Waals surface area contributed by atoms with Crippen molar-refractivity contribution in [1.82, 2.24) is 0 Å². The molecule has 4 heteroatoms. The van der Waals surface area contributed by atoms with Crippen molar-refractivity contribution < 1.29 is 8.78 Å². The highest BCUT2D eigenvalue weighted by molar-refractivity contribution is 6.31. The van der Waals surface area contributed by atoms with Gasteiger partial charge in [0.2, 0.25) is 0 Å². The standard InChI is InChI=1S/C14H18ClF2N/c1-8-2-4-9(5-3-8)14(18)10-6-12(16)13(17)7-11(10)15/h6-9,14H,2-5,18H2,1H3. The number of nitrogens with two attached hydrogens (primary N) is 1. The first-order chi connectivity index (χ1) is 8.49. The molecule has 1 unspecified atom stereocenters. The topological polar surface area (TPSA) is 26.0 Å². The van der Waals surface area contributed by atoms with Gasteiger partial charge in [0.15, 0.2) is 11.6 Å². The van der Waals surface area contributed by atoms with Crippen LogP contribution < -0.4 is 5.73 Å². The van der Waals surface area contributed by atoms with Crippen LogP contribution in [0.3, 0.4) is 0 Å². The number of rotatable bonds is 2. The Labute approximate surface area is 111 Å². The predicted octanol–water partition coefficient (Wildman–Crippen LogP) is 4.44. The smallest absolute Gasteiger partial charge is 0.160 e. The van der Waals surface area contributed by atoms with Crippen LogP contribution in [0.15, 0.2) is 12.1 Å². The molecule has 0 bridgehead atoms. The molecule has 0 amide bonds. The molecule has 1 nitrogen and oxygen atoms in total. The van der Waals surface area contributed by atoms with Gasteiger partial charge in [-0.1, -0.05) is 31.4 Å². The van der Waals surface area contributed by atoms with E-state index in [2.05, 4.69) is 6.92 Å². The van der Waals surface area contributed by atoms with E-state index < -0.39 is 11.6 Å². The second-order valence-electron chi connectivity index (χ2n) is 5.33. The fourth-order valence-electron chi connectivity index (χ4n) is 2.69. The predicted molar refractivity (Wildman–Crippen MR) is 69.4 cm³/mol. The van der Waals surface area contributed by atoms with E-state index in [1.165, 1.54) is 0 Å². The lowest BCUT2D eigenvalue weighted by Gasteiger charge is -2.31. The normalized spacial score (nSPS) is 26.1. The van der Waals surface area contributed by atoms with Crippen molar-refractivity contribution in [3.8, 4) is 0 Å². The van der Waals surface area contributed by atoms with Crippen LogP contribution >= 0.6 is 11.6 Å². The Hall–Kier alpha value is -0.670. The molecule has 1 aromatic rings. The monoisotopic (exact) mass is 273 g/mol. The Bertz CT molecular complexity index is 428. The van der Waals surface area contributed by atoms with Crippen molar-refractivity contribution in [2.75, 3.05) is 0 Å². The van der Waals surface area contributed by atoms with E-state index in [9.17, 15) is 8.78 Å². The Balaban J connectivity index is 2.18. The lowest BCUT2D eigenvalue weighted by Crippen LogP contribution is -2.26. The largest absolute Gasteiger partial charge is 0.324 e. The third-order valence-electron chi connectivity index (χ3n) is 3.97. The van der Waals surface area contributed by atoms with Gasteiger partial charge in [-0.05, 0) is 42.4 Å². The SMILES string of the molecule is CC1CCC(C(N)c2cc(F)c(F)cc2Cl)CC1. The Morgan fingerprint density at radius 1 is 1.17 bits per heavy atom. The summed E-state index contributed by atoms with van der Waals surface area (Å²) in [4.78, 5) is 0. The fraction of sp³-hybridized carbons (Fsp3) is 0.571. The summed E-state index contributed by atoms with van der Waals surface area (Å²) < 4.78 is 26.3. The van der Waals surface area contributed by atoms with Crippen molar-refractivity contribution in [1.29, 1.82) is 0 Å². The van der Waals surface area contributed by atoms with Gasteiger partial charge in [0, 0.05) is 11.1 Å². The van der Waals surface area contributed by atoms with Crippen LogP contribution in [0.2, 0.25) is 5.02 Å². The van der Waals surface area contributed by atoms with E-state index in [1.54, 1.807) is 0 Å². The molecule has 1 saturated carbocycles. The second kappa shape index (κ2) is 5.54. The molecule has 1 fully saturated rings. The number of hydrogen-bond donors (Lipinski definition) is 1. The minimum atomic E-state index is -0.923. The highest BCUT2D eigenvalue weighted by Crippen LogP contribution is 2.37. The molecule has 2 rings (SSSR count). The van der Waals surface area contributed by atoms with Gasteiger partial charge in [-0.25, -0.2) is 8.78 Å². The lowest BCUT2D eigenvalue weighted by molar-refractivity contribution is 0.255. The van der Waals surface area contributed by atoms with Gasteiger partial charge in [-0.3, -0.25) is 0 Å². The number of hydrogen-bond acceptors (Lipinski definition) is 1. The Morgan fingerprint density at radius 3 is 2.33 bits per heavy atom. The molecule has 1 aliphatic rings. The summed E-state index contributed by atoms with van der Waals surface area (Å²) in [5.74, 6) is -0.764. The van der Waals surface area contributed by atoms with Gasteiger partial charge in [-0.2, -0.15) is 0 Å². The molecule has 0 radical (unpaired) electrons. The molecule has 1 aliphatic carbocycles. The van der Waals surface area contributed by atoms with E-state index in [4.69, 9.17) is 17.3 Å². The molecule has 100 valence electrons. The molecule has 2 N–H and O–H groups in total. The molecule has 0 aliphatic heterocycles. The maximum atomic E-state index is 13.3. The molecule has 1 aromatic carbocycles. The quantitative estimate of drug-likeness (QED) is 0.792. The van der Waals surface area contributed by atoms with Crippen LogP contribution in [0.4, 0.5) is 8.78 Å². The van der Waals surface area contributed by atoms with Crippen LogP contribution in [-0.2, 0) is 0 Å². The first-order valence-electron chi connectivity index (χ1n) is 6.39. The molecular formula is C14H18ClF2N. The van der Waals surface area contributed by atoms with Crippen LogP contribution in [-0.4, -0.2) is 0 Å². The van der Waals surface area contributed by atoms with Crippen molar-refractivity contribution >= 4 is 11.6 Å². The first-order valence-corrected chi connectivity index (χ1v) is 6.77. The lowest BCUT2D eigenvalue weighted by atomic mass is 9.77. The summed E-state index contributed by atoms with van der Waals surface area (Å²) >= 11 is 5.96. The van der Waals surface area contributed by atoms with Crippen LogP contribution in [0.25, 0.3) is 0 Å². The van der Waals surface area contributed by atoms with Gasteiger partial charge in [0.1, 0.15) is 0 Å². The van der Waals surface area contributed by atoms with E-state index in [0.29, 0.717) is 11.5 Å². The van der Waals surface area contributed by atoms with Gasteiger partial charge in [0.25, 0.3) is 0 Å². The van der Waals surface area contributed by atoms with Crippen LogP contribution in [0, 0.1) is 23.5 Å². The van der Waals surface area contributed by atoms with Crippen molar-refractivity contribution in [3.05, 3.63) is 34.4 Å². The zero-order valence-electron chi connectivity index (χ0n) is 10.4. The summed E-state index contributed by atoms with van der Waals surface area (Å²) in [5.41, 5.74) is 6.68. The van der Waals surface area contributed by atoms with Crippen molar-refractivity contribution in [2.45, 2.75) is 38.6 Å². The molecule has 0 heterocycles. The molecule has 0 saturated heterocycles. The average Bonchev–Trinajstić information content (AvgIpc) is 2.34. The van der Waals surface area contributed by atoms with Gasteiger partial charge < -0.3 is 5.73 Å². The van der Waals surface area contributed by atoms with Gasteiger partial charge >= 0.3 is 0 Å². The molecule has 0 spiro atoms. The summed E-state index contributed by atoms with van der Waals surface area (Å²) in [6, 6.07) is 1.85. The summed E-state index contributed by atoms with van der Waals surface area (Å²) in [6.07, 6.45) is 4.33. The van der Waals surface area contributed by atoms with E-state index in [-0.39, 0.29) is 11.1 Å². The minimum Gasteiger partial charge on any atom is -0.324 e. The fourth-order valence-corrected chi connectivity index (χ4v) is 2.97. The van der Waals surface area contributed by atoms with Gasteiger partial charge in [0.05, 0.1) is 0 Å². The van der Waals surface area contributed by atoms with Crippen molar-refractivity contribution in [3.63, 3.8) is 0 Å². The molecule has 18 heavy (non-hydrogen) atoms. The zero-order valence-corrected chi connectivity index (χ0v) is 11.2. The zero-order chi connectivity index (χ0) is 13.3. The minimum absolute atomic E-state index is 0.222. The third-order valence-corrected chi connectivity index (χ3v) is 4.29.